The van der Waals surface area contributed by atoms with Gasteiger partial charge in [-0.25, -0.2) is 0 Å². The van der Waals surface area contributed by atoms with Crippen LogP contribution >= 0.6 is 0 Å². The summed E-state index contributed by atoms with van der Waals surface area (Å²) in [6.07, 6.45) is 1.65. The SMILES string of the molecule is O=C(O)CNC(=O)CNC(=O)Cn1ncc2ccccc21. The first-order valence-corrected chi connectivity index (χ1v) is 6.22. The van der Waals surface area contributed by atoms with E-state index in [1.54, 1.807) is 6.20 Å². The molecule has 0 aliphatic carbocycles. The monoisotopic (exact) mass is 290 g/mol. The number of carbonyl (C=O) groups excluding carboxylic acids is 2. The lowest BCUT2D eigenvalue weighted by atomic mass is 10.2. The molecule has 110 valence electrons. The van der Waals surface area contributed by atoms with Crippen molar-refractivity contribution in [2.24, 2.45) is 0 Å². The molecule has 21 heavy (non-hydrogen) atoms. The van der Waals surface area contributed by atoms with Gasteiger partial charge in [-0.1, -0.05) is 18.2 Å². The number of para-hydroxylation sites is 1. The average Bonchev–Trinajstić information content (AvgIpc) is 2.86. The number of hydrogen-bond donors (Lipinski definition) is 3. The Labute approximate surface area is 119 Å². The molecule has 1 aromatic carbocycles. The highest BCUT2D eigenvalue weighted by molar-refractivity contribution is 5.87. The van der Waals surface area contributed by atoms with Gasteiger partial charge in [-0.15, -0.1) is 0 Å². The summed E-state index contributed by atoms with van der Waals surface area (Å²) in [6.45, 7) is -0.760. The van der Waals surface area contributed by atoms with Gasteiger partial charge in [-0.2, -0.15) is 5.10 Å². The highest BCUT2D eigenvalue weighted by Gasteiger charge is 2.09. The molecular weight excluding hydrogens is 276 g/mol. The Hall–Kier alpha value is -2.90. The van der Waals surface area contributed by atoms with Gasteiger partial charge in [0.15, 0.2) is 0 Å². The van der Waals surface area contributed by atoms with Crippen LogP contribution in [0.25, 0.3) is 10.9 Å². The molecule has 0 aliphatic rings. The Kier molecular flexibility index (Phi) is 4.50. The van der Waals surface area contributed by atoms with Gasteiger partial charge in [0.1, 0.15) is 13.1 Å². The number of carbonyl (C=O) groups is 3. The summed E-state index contributed by atoms with van der Waals surface area (Å²) in [7, 11) is 0. The van der Waals surface area contributed by atoms with E-state index in [9.17, 15) is 14.4 Å². The van der Waals surface area contributed by atoms with Gasteiger partial charge in [0.05, 0.1) is 18.3 Å². The highest BCUT2D eigenvalue weighted by atomic mass is 16.4. The summed E-state index contributed by atoms with van der Waals surface area (Å²) in [5, 5.41) is 18.0. The number of amides is 2. The van der Waals surface area contributed by atoms with E-state index in [1.807, 2.05) is 24.3 Å². The molecule has 1 aromatic heterocycles. The number of carboxylic acid groups (broad SMARTS) is 1. The fourth-order valence-corrected chi connectivity index (χ4v) is 1.76. The van der Waals surface area contributed by atoms with Crippen molar-refractivity contribution in [2.45, 2.75) is 6.54 Å². The van der Waals surface area contributed by atoms with Gasteiger partial charge in [0.2, 0.25) is 11.8 Å². The number of rotatable bonds is 6. The van der Waals surface area contributed by atoms with Crippen LogP contribution in [0, 0.1) is 0 Å². The van der Waals surface area contributed by atoms with Gasteiger partial charge in [0.25, 0.3) is 0 Å². The van der Waals surface area contributed by atoms with E-state index >= 15 is 0 Å². The van der Waals surface area contributed by atoms with Crippen molar-refractivity contribution in [3.63, 3.8) is 0 Å². The predicted octanol–water partition coefficient (Wildman–Crippen LogP) is -0.647. The number of carboxylic acids is 1. The van der Waals surface area contributed by atoms with E-state index in [-0.39, 0.29) is 19.0 Å². The fourth-order valence-electron chi connectivity index (χ4n) is 1.76. The van der Waals surface area contributed by atoms with Crippen molar-refractivity contribution in [3.05, 3.63) is 30.5 Å². The molecule has 0 saturated carbocycles. The molecule has 0 atom stereocenters. The van der Waals surface area contributed by atoms with Crippen LogP contribution in [0.1, 0.15) is 0 Å². The molecule has 8 nitrogen and oxygen atoms in total. The molecule has 8 heteroatoms. The fraction of sp³-hybridized carbons (Fsp3) is 0.231. The van der Waals surface area contributed by atoms with Crippen molar-refractivity contribution in [1.82, 2.24) is 20.4 Å². The lowest BCUT2D eigenvalue weighted by Gasteiger charge is -2.06. The van der Waals surface area contributed by atoms with Crippen molar-refractivity contribution < 1.29 is 19.5 Å². The zero-order valence-corrected chi connectivity index (χ0v) is 11.1. The van der Waals surface area contributed by atoms with Crippen LogP contribution in [0.3, 0.4) is 0 Å². The summed E-state index contributed by atoms with van der Waals surface area (Å²) >= 11 is 0. The molecule has 2 amide bonds. The van der Waals surface area contributed by atoms with Crippen LogP contribution in [-0.2, 0) is 20.9 Å². The van der Waals surface area contributed by atoms with E-state index in [4.69, 9.17) is 5.11 Å². The number of aromatic nitrogens is 2. The van der Waals surface area contributed by atoms with Crippen molar-refractivity contribution >= 4 is 28.7 Å². The van der Waals surface area contributed by atoms with Crippen molar-refractivity contribution in [3.8, 4) is 0 Å². The highest BCUT2D eigenvalue weighted by Crippen LogP contribution is 2.11. The van der Waals surface area contributed by atoms with Gasteiger partial charge in [-0.05, 0) is 6.07 Å². The third-order valence-electron chi connectivity index (χ3n) is 2.73. The summed E-state index contributed by atoms with van der Waals surface area (Å²) in [6, 6.07) is 7.45. The third-order valence-corrected chi connectivity index (χ3v) is 2.73. The Morgan fingerprint density at radius 1 is 1.10 bits per heavy atom. The number of nitrogens with one attached hydrogen (secondary N) is 2. The van der Waals surface area contributed by atoms with Crippen LogP contribution < -0.4 is 10.6 Å². The van der Waals surface area contributed by atoms with Gasteiger partial charge >= 0.3 is 5.97 Å². The first kappa shape index (κ1) is 14.5. The molecule has 0 bridgehead atoms. The van der Waals surface area contributed by atoms with Crippen LogP contribution in [-0.4, -0.2) is 45.8 Å². The van der Waals surface area contributed by atoms with Gasteiger partial charge < -0.3 is 15.7 Å². The first-order chi connectivity index (χ1) is 10.1. The van der Waals surface area contributed by atoms with E-state index in [0.29, 0.717) is 0 Å². The van der Waals surface area contributed by atoms with E-state index in [1.165, 1.54) is 4.68 Å². The molecule has 2 aromatic rings. The van der Waals surface area contributed by atoms with E-state index in [0.717, 1.165) is 10.9 Å². The second-order valence-corrected chi connectivity index (χ2v) is 4.31. The zero-order valence-electron chi connectivity index (χ0n) is 11.1. The second-order valence-electron chi connectivity index (χ2n) is 4.31. The molecule has 0 radical (unpaired) electrons. The number of hydrogen-bond acceptors (Lipinski definition) is 4. The molecule has 0 spiro atoms. The zero-order chi connectivity index (χ0) is 15.2. The van der Waals surface area contributed by atoms with Crippen LogP contribution in [0.15, 0.2) is 30.5 Å². The third kappa shape index (κ3) is 4.03. The summed E-state index contributed by atoms with van der Waals surface area (Å²) in [4.78, 5) is 33.2. The largest absolute Gasteiger partial charge is 0.480 e. The Morgan fingerprint density at radius 3 is 2.57 bits per heavy atom. The Balaban J connectivity index is 1.85. The molecule has 3 N–H and O–H groups in total. The van der Waals surface area contributed by atoms with Crippen molar-refractivity contribution in [1.29, 1.82) is 0 Å². The van der Waals surface area contributed by atoms with Crippen LogP contribution in [0.5, 0.6) is 0 Å². The number of fused-ring (bicyclic) bond motifs is 1. The van der Waals surface area contributed by atoms with E-state index < -0.39 is 18.4 Å². The molecule has 0 fully saturated rings. The quantitative estimate of drug-likeness (QED) is 0.654. The molecule has 0 saturated heterocycles. The maximum atomic E-state index is 11.7. The minimum atomic E-state index is -1.14. The summed E-state index contributed by atoms with van der Waals surface area (Å²) in [5.74, 6) is -2.08. The van der Waals surface area contributed by atoms with Gasteiger partial charge in [0, 0.05) is 5.39 Å². The first-order valence-electron chi connectivity index (χ1n) is 6.22. The number of aliphatic carboxylic acids is 1. The van der Waals surface area contributed by atoms with E-state index in [2.05, 4.69) is 15.7 Å². The second kappa shape index (κ2) is 6.51. The lowest BCUT2D eigenvalue weighted by Crippen LogP contribution is -2.40. The standard InChI is InChI=1S/C13H14N4O4/c18-11(15-7-13(20)21)6-14-12(19)8-17-10-4-2-1-3-9(10)5-16-17/h1-5H,6-8H2,(H,14,19)(H,15,18)(H,20,21). The summed E-state index contributed by atoms with van der Waals surface area (Å²) < 4.78 is 1.53. The minimum Gasteiger partial charge on any atom is -0.480 e. The number of benzene rings is 1. The minimum absolute atomic E-state index is 0.0142. The van der Waals surface area contributed by atoms with Crippen LogP contribution in [0.4, 0.5) is 0 Å². The van der Waals surface area contributed by atoms with Gasteiger partial charge in [-0.3, -0.25) is 19.1 Å². The lowest BCUT2D eigenvalue weighted by molar-refractivity contribution is -0.137. The normalized spacial score (nSPS) is 10.3. The Bertz CT molecular complexity index is 680. The molecule has 1 heterocycles. The average molecular weight is 290 g/mol. The molecule has 2 rings (SSSR count). The molecule has 0 unspecified atom stereocenters. The maximum absolute atomic E-state index is 11.7. The van der Waals surface area contributed by atoms with Crippen molar-refractivity contribution in [2.75, 3.05) is 13.1 Å². The topological polar surface area (TPSA) is 113 Å². The molecule has 0 aliphatic heterocycles. The Morgan fingerprint density at radius 2 is 1.81 bits per heavy atom. The van der Waals surface area contributed by atoms with Crippen LogP contribution in [0.2, 0.25) is 0 Å². The number of nitrogens with zero attached hydrogens (tertiary/aromatic N) is 2. The maximum Gasteiger partial charge on any atom is 0.322 e. The summed E-state index contributed by atoms with van der Waals surface area (Å²) in [5.41, 5.74) is 0.822. The smallest absolute Gasteiger partial charge is 0.322 e. The predicted molar refractivity (Wildman–Crippen MR) is 73.4 cm³/mol. The molecular formula is C13H14N4O4.